The van der Waals surface area contributed by atoms with Crippen LogP contribution in [0.2, 0.25) is 0 Å². The lowest BCUT2D eigenvalue weighted by molar-refractivity contribution is -0.139. The number of carbonyl (C=O) groups is 2. The topological polar surface area (TPSA) is 121 Å². The van der Waals surface area contributed by atoms with Gasteiger partial charge < -0.3 is 21.1 Å². The van der Waals surface area contributed by atoms with Gasteiger partial charge in [-0.2, -0.15) is 13.2 Å². The quantitative estimate of drug-likeness (QED) is 0.419. The molecular weight excluding hydrogens is 475 g/mol. The summed E-state index contributed by atoms with van der Waals surface area (Å²) < 4.78 is 41.5. The van der Waals surface area contributed by atoms with Crippen LogP contribution in [0.5, 0.6) is 0 Å². The van der Waals surface area contributed by atoms with Crippen LogP contribution in [0.15, 0.2) is 60.8 Å². The van der Waals surface area contributed by atoms with E-state index in [1.807, 2.05) is 12.1 Å². The molecule has 11 heteroatoms. The molecule has 1 unspecified atom stereocenters. The molecule has 3 aromatic rings. The number of primary amides is 1. The highest BCUT2D eigenvalue weighted by Crippen LogP contribution is 2.37. The predicted molar refractivity (Wildman–Crippen MR) is 126 cm³/mol. The van der Waals surface area contributed by atoms with Crippen LogP contribution >= 0.6 is 0 Å². The number of aromatic nitrogens is 2. The number of hydrogen-bond donors (Lipinski definition) is 3. The van der Waals surface area contributed by atoms with Crippen molar-refractivity contribution < 1.29 is 27.9 Å². The summed E-state index contributed by atoms with van der Waals surface area (Å²) in [6.45, 7) is 0.826. The van der Waals surface area contributed by atoms with Crippen LogP contribution in [0.4, 0.5) is 29.6 Å². The van der Waals surface area contributed by atoms with Crippen LogP contribution in [0.25, 0.3) is 0 Å². The number of halogens is 3. The van der Waals surface area contributed by atoms with E-state index >= 15 is 0 Å². The lowest BCUT2D eigenvalue weighted by atomic mass is 9.90. The number of nitrogens with one attached hydrogen (secondary N) is 1. The van der Waals surface area contributed by atoms with Gasteiger partial charge in [-0.3, -0.25) is 4.79 Å². The molecule has 1 aliphatic heterocycles. The molecule has 1 saturated heterocycles. The molecule has 0 aliphatic carbocycles. The maximum absolute atomic E-state index is 13.8. The number of nitrogens with zero attached hydrogens (tertiary/aromatic N) is 3. The number of rotatable bonds is 8. The SMILES string of the molecule is NC(=O)CC(Cc1ccccc1)c1nc(Nc2ccc(C3CN(C(=O)O)C3)cc2)ncc1C(F)(F)F. The molecule has 1 aromatic heterocycles. The zero-order chi connectivity index (χ0) is 25.9. The number of benzene rings is 2. The monoisotopic (exact) mass is 499 g/mol. The zero-order valence-corrected chi connectivity index (χ0v) is 19.1. The Hall–Kier alpha value is -4.15. The van der Waals surface area contributed by atoms with Crippen molar-refractivity contribution in [2.24, 2.45) is 5.73 Å². The number of anilines is 2. The first-order valence-corrected chi connectivity index (χ1v) is 11.2. The Kier molecular flexibility index (Phi) is 7.09. The van der Waals surface area contributed by atoms with E-state index < -0.39 is 29.7 Å². The Bertz CT molecular complexity index is 1230. The third kappa shape index (κ3) is 5.91. The molecule has 36 heavy (non-hydrogen) atoms. The molecule has 2 heterocycles. The van der Waals surface area contributed by atoms with Gasteiger partial charge in [-0.15, -0.1) is 0 Å². The molecule has 1 aliphatic rings. The van der Waals surface area contributed by atoms with Crippen molar-refractivity contribution in [1.82, 2.24) is 14.9 Å². The largest absolute Gasteiger partial charge is 0.465 e. The minimum atomic E-state index is -4.71. The van der Waals surface area contributed by atoms with Gasteiger partial charge in [0.1, 0.15) is 0 Å². The molecule has 1 atom stereocenters. The summed E-state index contributed by atoms with van der Waals surface area (Å²) in [5.74, 6) is -1.58. The summed E-state index contributed by atoms with van der Waals surface area (Å²) in [6.07, 6.45) is -5.12. The van der Waals surface area contributed by atoms with Crippen molar-refractivity contribution in [2.45, 2.75) is 30.9 Å². The number of hydrogen-bond acceptors (Lipinski definition) is 5. The molecule has 2 amide bonds. The van der Waals surface area contributed by atoms with Gasteiger partial charge >= 0.3 is 12.3 Å². The van der Waals surface area contributed by atoms with Crippen molar-refractivity contribution in [3.63, 3.8) is 0 Å². The first kappa shape index (κ1) is 25.0. The second-order valence-corrected chi connectivity index (χ2v) is 8.68. The maximum atomic E-state index is 13.8. The number of carboxylic acid groups (broad SMARTS) is 1. The van der Waals surface area contributed by atoms with Crippen LogP contribution in [0.1, 0.15) is 40.6 Å². The Morgan fingerprint density at radius 1 is 1.11 bits per heavy atom. The summed E-state index contributed by atoms with van der Waals surface area (Å²) in [5, 5.41) is 11.9. The minimum absolute atomic E-state index is 0.0472. The summed E-state index contributed by atoms with van der Waals surface area (Å²) in [5.41, 5.74) is 6.30. The Balaban J connectivity index is 1.58. The van der Waals surface area contributed by atoms with E-state index in [1.54, 1.807) is 42.5 Å². The first-order chi connectivity index (χ1) is 17.1. The van der Waals surface area contributed by atoms with Crippen molar-refractivity contribution in [1.29, 1.82) is 0 Å². The molecule has 0 saturated carbocycles. The molecule has 0 radical (unpaired) electrons. The summed E-state index contributed by atoms with van der Waals surface area (Å²) in [6, 6.07) is 15.9. The lowest BCUT2D eigenvalue weighted by Crippen LogP contribution is -2.47. The van der Waals surface area contributed by atoms with Crippen molar-refractivity contribution >= 4 is 23.6 Å². The zero-order valence-electron chi connectivity index (χ0n) is 19.1. The second-order valence-electron chi connectivity index (χ2n) is 8.68. The predicted octanol–water partition coefficient (Wildman–Crippen LogP) is 4.52. The molecule has 2 aromatic carbocycles. The Morgan fingerprint density at radius 2 is 1.78 bits per heavy atom. The van der Waals surface area contributed by atoms with Crippen LogP contribution < -0.4 is 11.1 Å². The van der Waals surface area contributed by atoms with Crippen LogP contribution in [0.3, 0.4) is 0 Å². The first-order valence-electron chi connectivity index (χ1n) is 11.2. The van der Waals surface area contributed by atoms with E-state index in [9.17, 15) is 22.8 Å². The summed E-state index contributed by atoms with van der Waals surface area (Å²) in [4.78, 5) is 32.0. The average Bonchev–Trinajstić information content (AvgIpc) is 2.78. The fourth-order valence-corrected chi connectivity index (χ4v) is 4.21. The minimum Gasteiger partial charge on any atom is -0.465 e. The summed E-state index contributed by atoms with van der Waals surface area (Å²) >= 11 is 0. The Morgan fingerprint density at radius 3 is 2.36 bits per heavy atom. The lowest BCUT2D eigenvalue weighted by Gasteiger charge is -2.37. The Labute approximate surface area is 205 Å². The van der Waals surface area contributed by atoms with E-state index in [2.05, 4.69) is 15.3 Å². The number of nitrogens with two attached hydrogens (primary N) is 1. The van der Waals surface area contributed by atoms with E-state index in [-0.39, 0.29) is 30.4 Å². The smallest absolute Gasteiger partial charge is 0.419 e. The van der Waals surface area contributed by atoms with Crippen molar-refractivity contribution in [3.05, 3.63) is 83.2 Å². The van der Waals surface area contributed by atoms with Crippen molar-refractivity contribution in [2.75, 3.05) is 18.4 Å². The van der Waals surface area contributed by atoms with Gasteiger partial charge in [-0.25, -0.2) is 14.8 Å². The molecule has 8 nitrogen and oxygen atoms in total. The molecule has 188 valence electrons. The van der Waals surface area contributed by atoms with Gasteiger partial charge in [0.05, 0.1) is 11.3 Å². The van der Waals surface area contributed by atoms with E-state index in [0.29, 0.717) is 25.0 Å². The van der Waals surface area contributed by atoms with Gasteiger partial charge in [0.2, 0.25) is 11.9 Å². The van der Waals surface area contributed by atoms with Crippen LogP contribution in [-0.2, 0) is 17.4 Å². The molecule has 4 rings (SSSR count). The molecule has 1 fully saturated rings. The fourth-order valence-electron chi connectivity index (χ4n) is 4.21. The highest BCUT2D eigenvalue weighted by Gasteiger charge is 2.37. The van der Waals surface area contributed by atoms with Gasteiger partial charge in [-0.1, -0.05) is 42.5 Å². The van der Waals surface area contributed by atoms with Gasteiger partial charge in [0, 0.05) is 43.2 Å². The van der Waals surface area contributed by atoms with Crippen LogP contribution in [0, 0.1) is 0 Å². The maximum Gasteiger partial charge on any atom is 0.419 e. The van der Waals surface area contributed by atoms with E-state index in [0.717, 1.165) is 11.1 Å². The van der Waals surface area contributed by atoms with Crippen LogP contribution in [-0.4, -0.2) is 45.1 Å². The number of likely N-dealkylation sites (tertiary alicyclic amines) is 1. The number of carbonyl (C=O) groups excluding carboxylic acids is 1. The fraction of sp³-hybridized carbons (Fsp3) is 0.280. The van der Waals surface area contributed by atoms with E-state index in [4.69, 9.17) is 10.8 Å². The summed E-state index contributed by atoms with van der Waals surface area (Å²) in [7, 11) is 0. The van der Waals surface area contributed by atoms with Crippen molar-refractivity contribution in [3.8, 4) is 0 Å². The van der Waals surface area contributed by atoms with Gasteiger partial charge in [-0.05, 0) is 29.7 Å². The van der Waals surface area contributed by atoms with Gasteiger partial charge in [0.25, 0.3) is 0 Å². The average molecular weight is 499 g/mol. The number of alkyl halides is 3. The molecule has 4 N–H and O–H groups in total. The number of amides is 2. The standard InChI is InChI=1S/C25H24F3N5O3/c26-25(27,28)20-12-30-23(31-19-8-6-16(7-9-19)18-13-33(14-18)24(35)36)32-22(20)17(11-21(29)34)10-15-4-2-1-3-5-15/h1-9,12,17-18H,10-11,13-14H2,(H2,29,34)(H,35,36)(H,30,31,32). The highest BCUT2D eigenvalue weighted by atomic mass is 19.4. The molecule has 0 bridgehead atoms. The van der Waals surface area contributed by atoms with E-state index in [1.165, 1.54) is 4.90 Å². The molecule has 0 spiro atoms. The second kappa shape index (κ2) is 10.2. The third-order valence-electron chi connectivity index (χ3n) is 6.07. The normalized spacial score (nSPS) is 14.7. The van der Waals surface area contributed by atoms with Gasteiger partial charge in [0.15, 0.2) is 0 Å². The third-order valence-corrected chi connectivity index (χ3v) is 6.07. The highest BCUT2D eigenvalue weighted by molar-refractivity contribution is 5.75. The molecular formula is C25H24F3N5O3.